The van der Waals surface area contributed by atoms with E-state index in [9.17, 15) is 8.78 Å². The smallest absolute Gasteiger partial charge is 0.272 e. The van der Waals surface area contributed by atoms with Crippen LogP contribution in [-0.2, 0) is 4.74 Å². The number of hydrogen-bond acceptors (Lipinski definition) is 6. The van der Waals surface area contributed by atoms with E-state index in [4.69, 9.17) is 9.47 Å². The third-order valence-corrected chi connectivity index (χ3v) is 5.10. The van der Waals surface area contributed by atoms with Crippen molar-refractivity contribution in [3.8, 4) is 5.88 Å². The lowest BCUT2D eigenvalue weighted by molar-refractivity contribution is -0.116. The zero-order chi connectivity index (χ0) is 15.9. The second kappa shape index (κ2) is 5.83. The van der Waals surface area contributed by atoms with E-state index in [0.717, 1.165) is 26.2 Å². The number of aromatic nitrogens is 2. The number of fused-ring (bicyclic) bond motifs is 2. The van der Waals surface area contributed by atoms with Crippen LogP contribution in [0.1, 0.15) is 12.8 Å². The van der Waals surface area contributed by atoms with Crippen LogP contribution in [0.15, 0.2) is 12.4 Å². The Morgan fingerprint density at radius 1 is 1.30 bits per heavy atom. The van der Waals surface area contributed by atoms with Crippen molar-refractivity contribution >= 4 is 5.82 Å². The van der Waals surface area contributed by atoms with Gasteiger partial charge in [0.05, 0.1) is 6.54 Å². The summed E-state index contributed by atoms with van der Waals surface area (Å²) >= 11 is 0. The lowest BCUT2D eigenvalue weighted by Crippen LogP contribution is -2.61. The maximum atomic E-state index is 12.2. The Labute approximate surface area is 133 Å². The van der Waals surface area contributed by atoms with Crippen LogP contribution in [0.25, 0.3) is 0 Å². The zero-order valence-electron chi connectivity index (χ0n) is 12.8. The van der Waals surface area contributed by atoms with Gasteiger partial charge in [0.2, 0.25) is 5.88 Å². The highest BCUT2D eigenvalue weighted by atomic mass is 19.3. The molecule has 5 rings (SSSR count). The molecule has 0 saturated carbocycles. The number of halogens is 2. The molecule has 0 aliphatic carbocycles. The van der Waals surface area contributed by atoms with Crippen LogP contribution in [0.2, 0.25) is 0 Å². The molecule has 0 N–H and O–H groups in total. The molecule has 1 spiro atoms. The maximum absolute atomic E-state index is 12.2. The maximum Gasteiger partial charge on any atom is 0.272 e. The molecule has 5 heterocycles. The van der Waals surface area contributed by atoms with Gasteiger partial charge in [0.15, 0.2) is 6.61 Å². The van der Waals surface area contributed by atoms with E-state index < -0.39 is 13.0 Å². The summed E-state index contributed by atoms with van der Waals surface area (Å²) in [4.78, 5) is 12.6. The number of alkyl halides is 2. The van der Waals surface area contributed by atoms with Gasteiger partial charge >= 0.3 is 0 Å². The summed E-state index contributed by atoms with van der Waals surface area (Å²) in [6.45, 7) is 3.88. The van der Waals surface area contributed by atoms with Crippen LogP contribution in [0.3, 0.4) is 0 Å². The fourth-order valence-corrected chi connectivity index (χ4v) is 3.97. The number of piperidine rings is 3. The Kier molecular flexibility index (Phi) is 3.81. The SMILES string of the molecule is FC(F)COc1cc(N2CO[C@]3(CN4CCC3CC4)C2)ncn1. The van der Waals surface area contributed by atoms with Crippen LogP contribution in [0, 0.1) is 5.92 Å². The van der Waals surface area contributed by atoms with Crippen molar-refractivity contribution in [3.05, 3.63) is 12.4 Å². The van der Waals surface area contributed by atoms with Crippen molar-refractivity contribution < 1.29 is 18.3 Å². The summed E-state index contributed by atoms with van der Waals surface area (Å²) in [6, 6.07) is 1.60. The van der Waals surface area contributed by atoms with E-state index in [1.807, 2.05) is 4.90 Å². The predicted molar refractivity (Wildman–Crippen MR) is 78.7 cm³/mol. The summed E-state index contributed by atoms with van der Waals surface area (Å²) < 4.78 is 35.6. The summed E-state index contributed by atoms with van der Waals surface area (Å²) in [6.07, 6.45) is 1.19. The van der Waals surface area contributed by atoms with E-state index in [1.54, 1.807) is 6.07 Å². The molecule has 4 aliphatic heterocycles. The van der Waals surface area contributed by atoms with Gasteiger partial charge in [0.1, 0.15) is 24.5 Å². The van der Waals surface area contributed by atoms with E-state index in [-0.39, 0.29) is 11.5 Å². The number of hydrogen-bond donors (Lipinski definition) is 0. The van der Waals surface area contributed by atoms with E-state index in [1.165, 1.54) is 19.2 Å². The van der Waals surface area contributed by atoms with Gasteiger partial charge in [-0.25, -0.2) is 18.7 Å². The molecule has 1 atom stereocenters. The number of rotatable bonds is 4. The van der Waals surface area contributed by atoms with Gasteiger partial charge in [-0.2, -0.15) is 0 Å². The number of anilines is 1. The van der Waals surface area contributed by atoms with Crippen LogP contribution in [0.4, 0.5) is 14.6 Å². The van der Waals surface area contributed by atoms with Crippen molar-refractivity contribution in [2.75, 3.05) is 44.4 Å². The molecule has 6 nitrogen and oxygen atoms in total. The van der Waals surface area contributed by atoms with Crippen LogP contribution >= 0.6 is 0 Å². The highest BCUT2D eigenvalue weighted by Crippen LogP contribution is 2.42. The van der Waals surface area contributed by atoms with Gasteiger partial charge in [-0.15, -0.1) is 0 Å². The lowest BCUT2D eigenvalue weighted by Gasteiger charge is -2.50. The molecule has 1 aromatic rings. The summed E-state index contributed by atoms with van der Waals surface area (Å²) in [5, 5.41) is 0. The molecular formula is C15H20F2N4O2. The molecule has 4 fully saturated rings. The number of ether oxygens (including phenoxy) is 2. The van der Waals surface area contributed by atoms with Crippen molar-refractivity contribution in [1.29, 1.82) is 0 Å². The molecule has 0 amide bonds. The fourth-order valence-electron chi connectivity index (χ4n) is 3.97. The molecule has 0 radical (unpaired) electrons. The van der Waals surface area contributed by atoms with E-state index in [0.29, 0.717) is 18.5 Å². The molecule has 23 heavy (non-hydrogen) atoms. The second-order valence-corrected chi connectivity index (χ2v) is 6.50. The molecule has 2 bridgehead atoms. The van der Waals surface area contributed by atoms with Crippen LogP contribution in [0.5, 0.6) is 5.88 Å². The van der Waals surface area contributed by atoms with Crippen molar-refractivity contribution in [3.63, 3.8) is 0 Å². The highest BCUT2D eigenvalue weighted by Gasteiger charge is 2.51. The standard InChI is InChI=1S/C15H20F2N4O2/c16-12(17)6-22-14-5-13(18-9-19-14)21-8-15(23-10-21)7-20-3-1-11(15)2-4-20/h5,9,11-12H,1-4,6-8,10H2/t15-/m1/s1. The first-order chi connectivity index (χ1) is 11.1. The lowest BCUT2D eigenvalue weighted by atomic mass is 9.75. The first-order valence-corrected chi connectivity index (χ1v) is 7.99. The summed E-state index contributed by atoms with van der Waals surface area (Å²) in [5.41, 5.74) is -0.120. The first kappa shape index (κ1) is 15.0. The van der Waals surface area contributed by atoms with Crippen molar-refractivity contribution in [2.45, 2.75) is 24.9 Å². The summed E-state index contributed by atoms with van der Waals surface area (Å²) in [5.74, 6) is 1.43. The minimum Gasteiger partial charge on any atom is -0.471 e. The number of nitrogens with zero attached hydrogens (tertiary/aromatic N) is 4. The Morgan fingerprint density at radius 3 is 2.83 bits per heavy atom. The Hall–Kier alpha value is -1.54. The molecule has 0 aromatic carbocycles. The van der Waals surface area contributed by atoms with Crippen molar-refractivity contribution in [1.82, 2.24) is 14.9 Å². The largest absolute Gasteiger partial charge is 0.471 e. The quantitative estimate of drug-likeness (QED) is 0.833. The summed E-state index contributed by atoms with van der Waals surface area (Å²) in [7, 11) is 0. The Bertz CT molecular complexity index is 568. The molecule has 4 saturated heterocycles. The van der Waals surface area contributed by atoms with Gasteiger partial charge in [0, 0.05) is 12.6 Å². The first-order valence-electron chi connectivity index (χ1n) is 7.99. The molecule has 4 aliphatic rings. The average Bonchev–Trinajstić information content (AvgIpc) is 2.98. The molecule has 0 unspecified atom stereocenters. The molecule has 8 heteroatoms. The predicted octanol–water partition coefficient (Wildman–Crippen LogP) is 1.38. The minimum atomic E-state index is -2.52. The Morgan fingerprint density at radius 2 is 2.13 bits per heavy atom. The molecule has 1 aromatic heterocycles. The van der Waals surface area contributed by atoms with E-state index >= 15 is 0 Å². The second-order valence-electron chi connectivity index (χ2n) is 6.50. The van der Waals surface area contributed by atoms with Gasteiger partial charge in [-0.1, -0.05) is 0 Å². The third kappa shape index (κ3) is 2.85. The average molecular weight is 326 g/mol. The van der Waals surface area contributed by atoms with Crippen LogP contribution in [-0.4, -0.2) is 66.4 Å². The van der Waals surface area contributed by atoms with Crippen LogP contribution < -0.4 is 9.64 Å². The van der Waals surface area contributed by atoms with Gasteiger partial charge in [-0.3, -0.25) is 0 Å². The molecular weight excluding hydrogens is 306 g/mol. The monoisotopic (exact) mass is 326 g/mol. The molecule has 126 valence electrons. The highest BCUT2D eigenvalue weighted by molar-refractivity contribution is 5.42. The van der Waals surface area contributed by atoms with Gasteiger partial charge < -0.3 is 19.3 Å². The normalized spacial score (nSPS) is 32.9. The minimum absolute atomic E-state index is 0.120. The zero-order valence-corrected chi connectivity index (χ0v) is 12.8. The van der Waals surface area contributed by atoms with E-state index in [2.05, 4.69) is 14.9 Å². The van der Waals surface area contributed by atoms with Gasteiger partial charge in [0.25, 0.3) is 6.43 Å². The third-order valence-electron chi connectivity index (χ3n) is 5.10. The van der Waals surface area contributed by atoms with Gasteiger partial charge in [-0.05, 0) is 31.8 Å². The topological polar surface area (TPSA) is 50.7 Å². The van der Waals surface area contributed by atoms with Crippen molar-refractivity contribution in [2.24, 2.45) is 5.92 Å². The Balaban J connectivity index is 1.46. The fraction of sp³-hybridized carbons (Fsp3) is 0.733.